The number of likely N-dealkylation sites (tertiary alicyclic amines) is 1. The lowest BCUT2D eigenvalue weighted by Crippen LogP contribution is -2.26. The molecule has 1 fully saturated rings. The molecule has 1 saturated heterocycles. The molecule has 3 rings (SSSR count). The molecule has 1 unspecified atom stereocenters. The average molecular weight is 406 g/mol. The lowest BCUT2D eigenvalue weighted by molar-refractivity contribution is 0.318. The standard InChI is InChI=1S/C18H24BrN5O/c1-23(2)18-20-8-6-17(22-18)21-15-7-9-24(12-15)11-13-10-14(19)4-5-16(13)25-3/h4-6,8,10,15H,7,9,11-12H2,1-3H3,(H,20,21,22). The van der Waals surface area contributed by atoms with Crippen molar-refractivity contribution in [1.82, 2.24) is 14.9 Å². The predicted molar refractivity (Wildman–Crippen MR) is 104 cm³/mol. The van der Waals surface area contributed by atoms with Gasteiger partial charge in [0.15, 0.2) is 0 Å². The van der Waals surface area contributed by atoms with Crippen LogP contribution in [-0.4, -0.2) is 55.2 Å². The van der Waals surface area contributed by atoms with Gasteiger partial charge in [-0.3, -0.25) is 4.90 Å². The van der Waals surface area contributed by atoms with Gasteiger partial charge in [0.25, 0.3) is 0 Å². The molecule has 1 aromatic heterocycles. The van der Waals surface area contributed by atoms with E-state index in [9.17, 15) is 0 Å². The van der Waals surface area contributed by atoms with E-state index in [1.807, 2.05) is 37.2 Å². The van der Waals surface area contributed by atoms with Crippen molar-refractivity contribution in [3.8, 4) is 5.75 Å². The van der Waals surface area contributed by atoms with E-state index in [1.54, 1.807) is 13.3 Å². The van der Waals surface area contributed by atoms with E-state index in [2.05, 4.69) is 42.2 Å². The van der Waals surface area contributed by atoms with Crippen molar-refractivity contribution in [3.63, 3.8) is 0 Å². The fourth-order valence-corrected chi connectivity index (χ4v) is 3.47. The van der Waals surface area contributed by atoms with Gasteiger partial charge in [-0.15, -0.1) is 0 Å². The highest BCUT2D eigenvalue weighted by Gasteiger charge is 2.23. The Morgan fingerprint density at radius 2 is 2.20 bits per heavy atom. The summed E-state index contributed by atoms with van der Waals surface area (Å²) in [7, 11) is 5.61. The monoisotopic (exact) mass is 405 g/mol. The highest BCUT2D eigenvalue weighted by molar-refractivity contribution is 9.10. The molecule has 1 N–H and O–H groups in total. The molecule has 7 heteroatoms. The van der Waals surface area contributed by atoms with Gasteiger partial charge in [0.05, 0.1) is 7.11 Å². The first-order valence-corrected chi connectivity index (χ1v) is 9.16. The highest BCUT2D eigenvalue weighted by Crippen LogP contribution is 2.26. The number of rotatable bonds is 6. The number of hydrogen-bond donors (Lipinski definition) is 1. The predicted octanol–water partition coefficient (Wildman–Crippen LogP) is 3.00. The van der Waals surface area contributed by atoms with E-state index < -0.39 is 0 Å². The maximum atomic E-state index is 5.48. The summed E-state index contributed by atoms with van der Waals surface area (Å²) in [6.45, 7) is 2.92. The number of aromatic nitrogens is 2. The Morgan fingerprint density at radius 1 is 1.36 bits per heavy atom. The van der Waals surface area contributed by atoms with Gasteiger partial charge in [-0.2, -0.15) is 4.98 Å². The molecule has 1 atom stereocenters. The van der Waals surface area contributed by atoms with Crippen molar-refractivity contribution in [2.45, 2.75) is 19.0 Å². The third kappa shape index (κ3) is 4.61. The summed E-state index contributed by atoms with van der Waals surface area (Å²) in [6.07, 6.45) is 2.89. The molecule has 1 aliphatic rings. The SMILES string of the molecule is COc1ccc(Br)cc1CN1CCC(Nc2ccnc(N(C)C)n2)C1. The van der Waals surface area contributed by atoms with Crippen LogP contribution < -0.4 is 15.0 Å². The van der Waals surface area contributed by atoms with Gasteiger partial charge in [0.2, 0.25) is 5.95 Å². The Bertz CT molecular complexity index is 724. The molecular weight excluding hydrogens is 382 g/mol. The number of methoxy groups -OCH3 is 1. The molecular formula is C18H24BrN5O. The Kier molecular flexibility index (Phi) is 5.75. The molecule has 0 amide bonds. The number of benzene rings is 1. The Hall–Kier alpha value is -1.86. The number of halogens is 1. The quantitative estimate of drug-likeness (QED) is 0.796. The summed E-state index contributed by atoms with van der Waals surface area (Å²) in [5, 5.41) is 3.53. The van der Waals surface area contributed by atoms with Crippen LogP contribution in [0.15, 0.2) is 34.9 Å². The van der Waals surface area contributed by atoms with Gasteiger partial charge in [-0.1, -0.05) is 15.9 Å². The normalized spacial score (nSPS) is 17.5. The van der Waals surface area contributed by atoms with Gasteiger partial charge in [-0.25, -0.2) is 4.98 Å². The van der Waals surface area contributed by atoms with Crippen LogP contribution in [0.25, 0.3) is 0 Å². The van der Waals surface area contributed by atoms with Gasteiger partial charge < -0.3 is 15.0 Å². The third-order valence-corrected chi connectivity index (χ3v) is 4.80. The molecule has 0 radical (unpaired) electrons. The van der Waals surface area contributed by atoms with E-state index in [1.165, 1.54) is 5.56 Å². The van der Waals surface area contributed by atoms with Crippen LogP contribution in [0.3, 0.4) is 0 Å². The summed E-state index contributed by atoms with van der Waals surface area (Å²) in [6, 6.07) is 8.46. The van der Waals surface area contributed by atoms with Crippen molar-refractivity contribution >= 4 is 27.7 Å². The number of nitrogens with one attached hydrogen (secondary N) is 1. The van der Waals surface area contributed by atoms with Crippen LogP contribution in [0.1, 0.15) is 12.0 Å². The minimum absolute atomic E-state index is 0.392. The third-order valence-electron chi connectivity index (χ3n) is 4.30. The number of hydrogen-bond acceptors (Lipinski definition) is 6. The number of nitrogens with zero attached hydrogens (tertiary/aromatic N) is 4. The smallest absolute Gasteiger partial charge is 0.226 e. The first kappa shape index (κ1) is 17.9. The maximum absolute atomic E-state index is 5.48. The second-order valence-corrected chi connectivity index (χ2v) is 7.37. The van der Waals surface area contributed by atoms with Crippen molar-refractivity contribution in [2.75, 3.05) is 44.5 Å². The molecule has 1 aliphatic heterocycles. The second kappa shape index (κ2) is 8.01. The summed E-state index contributed by atoms with van der Waals surface area (Å²) in [5.41, 5.74) is 1.20. The van der Waals surface area contributed by atoms with E-state index in [4.69, 9.17) is 4.74 Å². The first-order valence-electron chi connectivity index (χ1n) is 8.37. The Balaban J connectivity index is 1.61. The molecule has 0 aliphatic carbocycles. The lowest BCUT2D eigenvalue weighted by atomic mass is 10.2. The fraction of sp³-hybridized carbons (Fsp3) is 0.444. The van der Waals surface area contributed by atoms with Crippen LogP contribution >= 0.6 is 15.9 Å². The maximum Gasteiger partial charge on any atom is 0.226 e. The van der Waals surface area contributed by atoms with Crippen LogP contribution in [0.2, 0.25) is 0 Å². The largest absolute Gasteiger partial charge is 0.496 e. The van der Waals surface area contributed by atoms with E-state index in [-0.39, 0.29) is 0 Å². The molecule has 0 spiro atoms. The van der Waals surface area contributed by atoms with Gasteiger partial charge in [0, 0.05) is 56.0 Å². The van der Waals surface area contributed by atoms with Crippen molar-refractivity contribution in [3.05, 3.63) is 40.5 Å². The molecule has 2 aromatic rings. The lowest BCUT2D eigenvalue weighted by Gasteiger charge is -2.19. The minimum Gasteiger partial charge on any atom is -0.496 e. The average Bonchev–Trinajstić information content (AvgIpc) is 3.02. The zero-order valence-corrected chi connectivity index (χ0v) is 16.5. The van der Waals surface area contributed by atoms with E-state index >= 15 is 0 Å². The van der Waals surface area contributed by atoms with Gasteiger partial charge >= 0.3 is 0 Å². The molecule has 0 bridgehead atoms. The van der Waals surface area contributed by atoms with Crippen molar-refractivity contribution in [2.24, 2.45) is 0 Å². The summed E-state index contributed by atoms with van der Waals surface area (Å²) < 4.78 is 6.56. The molecule has 6 nitrogen and oxygen atoms in total. The summed E-state index contributed by atoms with van der Waals surface area (Å²) >= 11 is 3.54. The molecule has 1 aromatic carbocycles. The topological polar surface area (TPSA) is 53.5 Å². The summed E-state index contributed by atoms with van der Waals surface area (Å²) in [4.78, 5) is 13.1. The zero-order valence-electron chi connectivity index (χ0n) is 14.9. The minimum atomic E-state index is 0.392. The Labute approximate surface area is 157 Å². The number of anilines is 2. The molecule has 134 valence electrons. The number of ether oxygens (including phenoxy) is 1. The van der Waals surface area contributed by atoms with Crippen molar-refractivity contribution < 1.29 is 4.74 Å². The Morgan fingerprint density at radius 3 is 2.96 bits per heavy atom. The van der Waals surface area contributed by atoms with Gasteiger partial charge in [0.1, 0.15) is 11.6 Å². The summed E-state index contributed by atoms with van der Waals surface area (Å²) in [5.74, 6) is 2.54. The first-order chi connectivity index (χ1) is 12.0. The van der Waals surface area contributed by atoms with E-state index in [0.29, 0.717) is 6.04 Å². The molecule has 2 heterocycles. The molecule has 0 saturated carbocycles. The zero-order chi connectivity index (χ0) is 17.8. The van der Waals surface area contributed by atoms with Crippen LogP contribution in [0.5, 0.6) is 5.75 Å². The van der Waals surface area contributed by atoms with Crippen LogP contribution in [0.4, 0.5) is 11.8 Å². The van der Waals surface area contributed by atoms with Crippen LogP contribution in [0, 0.1) is 0 Å². The van der Waals surface area contributed by atoms with Crippen molar-refractivity contribution in [1.29, 1.82) is 0 Å². The van der Waals surface area contributed by atoms with E-state index in [0.717, 1.165) is 48.0 Å². The second-order valence-electron chi connectivity index (χ2n) is 6.46. The highest BCUT2D eigenvalue weighted by atomic mass is 79.9. The van der Waals surface area contributed by atoms with Crippen LogP contribution in [-0.2, 0) is 6.54 Å². The van der Waals surface area contributed by atoms with Gasteiger partial charge in [-0.05, 0) is 30.7 Å². The fourth-order valence-electron chi connectivity index (χ4n) is 3.06. The molecule has 25 heavy (non-hydrogen) atoms.